The van der Waals surface area contributed by atoms with Crippen molar-refractivity contribution in [1.29, 1.82) is 0 Å². The zero-order valence-electron chi connectivity index (χ0n) is 13.4. The molecule has 2 aromatic heterocycles. The van der Waals surface area contributed by atoms with Crippen LogP contribution in [0.2, 0.25) is 0 Å². The van der Waals surface area contributed by atoms with E-state index in [4.69, 9.17) is 0 Å². The Morgan fingerprint density at radius 2 is 2.22 bits per heavy atom. The van der Waals surface area contributed by atoms with Crippen LogP contribution in [0, 0.1) is 12.3 Å². The Labute approximate surface area is 140 Å². The fourth-order valence-corrected chi connectivity index (χ4v) is 4.80. The molecule has 0 saturated carbocycles. The summed E-state index contributed by atoms with van der Waals surface area (Å²) in [6.45, 7) is 6.11. The molecule has 4 nitrogen and oxygen atoms in total. The van der Waals surface area contributed by atoms with Gasteiger partial charge in [0.15, 0.2) is 0 Å². The lowest BCUT2D eigenvalue weighted by Gasteiger charge is -2.24. The monoisotopic (exact) mass is 327 g/mol. The number of aromatic nitrogens is 1. The Morgan fingerprint density at radius 1 is 1.30 bits per heavy atom. The van der Waals surface area contributed by atoms with Gasteiger partial charge in [-0.1, -0.05) is 0 Å². The molecule has 2 fully saturated rings. The molecule has 0 unspecified atom stereocenters. The van der Waals surface area contributed by atoms with E-state index < -0.39 is 0 Å². The summed E-state index contributed by atoms with van der Waals surface area (Å²) in [5.74, 6) is 0.242. The van der Waals surface area contributed by atoms with Crippen molar-refractivity contribution in [2.24, 2.45) is 5.41 Å². The van der Waals surface area contributed by atoms with Gasteiger partial charge in [0.1, 0.15) is 0 Å². The lowest BCUT2D eigenvalue weighted by atomic mass is 9.86. The molecule has 0 bridgehead atoms. The van der Waals surface area contributed by atoms with E-state index in [9.17, 15) is 4.79 Å². The van der Waals surface area contributed by atoms with Crippen molar-refractivity contribution in [3.05, 3.63) is 46.4 Å². The van der Waals surface area contributed by atoms with Crippen LogP contribution in [0.15, 0.2) is 36.7 Å². The molecule has 0 aromatic carbocycles. The summed E-state index contributed by atoms with van der Waals surface area (Å²) < 4.78 is 0. The first kappa shape index (κ1) is 14.8. The van der Waals surface area contributed by atoms with Crippen LogP contribution in [0.4, 0.5) is 5.69 Å². The molecule has 0 N–H and O–H groups in total. The summed E-state index contributed by atoms with van der Waals surface area (Å²) in [5.41, 5.74) is 1.06. The number of likely N-dealkylation sites (tertiary alicyclic amines) is 1. The minimum absolute atomic E-state index is 0.124. The summed E-state index contributed by atoms with van der Waals surface area (Å²) in [4.78, 5) is 23.9. The van der Waals surface area contributed by atoms with Gasteiger partial charge in [0.05, 0.1) is 11.9 Å². The van der Waals surface area contributed by atoms with Crippen LogP contribution in [0.25, 0.3) is 0 Å². The highest BCUT2D eigenvalue weighted by Crippen LogP contribution is 2.42. The Hall–Kier alpha value is -1.72. The molecule has 2 aliphatic rings. The zero-order chi connectivity index (χ0) is 15.9. The molecule has 5 heteroatoms. The van der Waals surface area contributed by atoms with Gasteiger partial charge in [0.2, 0.25) is 5.91 Å². The van der Waals surface area contributed by atoms with Crippen LogP contribution in [-0.2, 0) is 11.3 Å². The number of nitrogens with zero attached hydrogens (tertiary/aromatic N) is 3. The molecule has 2 saturated heterocycles. The summed E-state index contributed by atoms with van der Waals surface area (Å²) >= 11 is 1.88. The highest BCUT2D eigenvalue weighted by molar-refractivity contribution is 7.11. The molecule has 4 heterocycles. The zero-order valence-corrected chi connectivity index (χ0v) is 14.2. The van der Waals surface area contributed by atoms with E-state index in [0.29, 0.717) is 6.42 Å². The van der Waals surface area contributed by atoms with Gasteiger partial charge in [-0.3, -0.25) is 14.7 Å². The smallest absolute Gasteiger partial charge is 0.227 e. The second-order valence-electron chi connectivity index (χ2n) is 6.84. The molecule has 0 aliphatic carbocycles. The predicted molar refractivity (Wildman–Crippen MR) is 92.6 cm³/mol. The fourth-order valence-electron chi connectivity index (χ4n) is 3.87. The number of aryl methyl sites for hydroxylation is 1. The van der Waals surface area contributed by atoms with Gasteiger partial charge in [0.25, 0.3) is 0 Å². The number of pyridine rings is 1. The first-order valence-electron chi connectivity index (χ1n) is 8.12. The number of rotatable bonds is 3. The average Bonchev–Trinajstić information content (AvgIpc) is 3.22. The van der Waals surface area contributed by atoms with Gasteiger partial charge in [-0.2, -0.15) is 0 Å². The third-order valence-corrected chi connectivity index (χ3v) is 5.96. The third-order valence-electron chi connectivity index (χ3n) is 4.97. The molecule has 1 amide bonds. The van der Waals surface area contributed by atoms with Gasteiger partial charge in [-0.15, -0.1) is 11.3 Å². The van der Waals surface area contributed by atoms with Crippen molar-refractivity contribution >= 4 is 22.9 Å². The molecule has 1 spiro atoms. The first-order chi connectivity index (χ1) is 11.1. The highest BCUT2D eigenvalue weighted by Gasteiger charge is 2.47. The molecule has 4 rings (SSSR count). The van der Waals surface area contributed by atoms with E-state index in [2.05, 4.69) is 28.9 Å². The maximum Gasteiger partial charge on any atom is 0.227 e. The topological polar surface area (TPSA) is 36.4 Å². The second-order valence-corrected chi connectivity index (χ2v) is 8.21. The Bertz CT molecular complexity index is 714. The quantitative estimate of drug-likeness (QED) is 0.869. The number of thiophene rings is 1. The normalized spacial score (nSPS) is 24.9. The lowest BCUT2D eigenvalue weighted by molar-refractivity contribution is -0.117. The number of carbonyl (C=O) groups is 1. The van der Waals surface area contributed by atoms with Gasteiger partial charge in [-0.25, -0.2) is 0 Å². The number of carbonyl (C=O) groups excluding carboxylic acids is 1. The molecule has 2 aliphatic heterocycles. The van der Waals surface area contributed by atoms with Gasteiger partial charge in [0, 0.05) is 47.4 Å². The predicted octanol–water partition coefficient (Wildman–Crippen LogP) is 3.08. The van der Waals surface area contributed by atoms with E-state index in [0.717, 1.165) is 38.3 Å². The maximum absolute atomic E-state index is 12.5. The van der Waals surface area contributed by atoms with Gasteiger partial charge in [-0.05, 0) is 44.2 Å². The third kappa shape index (κ3) is 2.91. The standard InChI is InChI=1S/C18H21N3OS/c1-14-4-5-16(23-14)11-20-8-6-18(12-20)9-17(22)21(13-18)15-3-2-7-19-10-15/h2-5,7,10H,6,8-9,11-13H2,1H3/t18-/m1/s1. The van der Waals surface area contributed by atoms with Gasteiger partial charge >= 0.3 is 0 Å². The number of hydrogen-bond acceptors (Lipinski definition) is 4. The van der Waals surface area contributed by atoms with E-state index in [-0.39, 0.29) is 11.3 Å². The molecule has 120 valence electrons. The minimum Gasteiger partial charge on any atom is -0.310 e. The average molecular weight is 327 g/mol. The SMILES string of the molecule is Cc1ccc(CN2CC[C@@]3(CC(=O)N(c4cccnc4)C3)C2)s1. The molecule has 1 atom stereocenters. The molecule has 2 aromatic rings. The summed E-state index contributed by atoms with van der Waals surface area (Å²) in [6, 6.07) is 8.29. The van der Waals surface area contributed by atoms with Crippen LogP contribution in [0.5, 0.6) is 0 Å². The van der Waals surface area contributed by atoms with Crippen LogP contribution in [-0.4, -0.2) is 35.4 Å². The van der Waals surface area contributed by atoms with Crippen molar-refractivity contribution in [2.45, 2.75) is 26.3 Å². The van der Waals surface area contributed by atoms with E-state index in [1.165, 1.54) is 9.75 Å². The summed E-state index contributed by atoms with van der Waals surface area (Å²) in [5, 5.41) is 0. The number of amides is 1. The van der Waals surface area contributed by atoms with Crippen LogP contribution >= 0.6 is 11.3 Å². The molecular formula is C18H21N3OS. The van der Waals surface area contributed by atoms with Crippen LogP contribution < -0.4 is 4.90 Å². The Morgan fingerprint density at radius 3 is 2.96 bits per heavy atom. The first-order valence-corrected chi connectivity index (χ1v) is 8.93. The fraction of sp³-hybridized carbons (Fsp3) is 0.444. The van der Waals surface area contributed by atoms with Gasteiger partial charge < -0.3 is 4.90 Å². The van der Waals surface area contributed by atoms with Crippen LogP contribution in [0.3, 0.4) is 0 Å². The Balaban J connectivity index is 1.45. The van der Waals surface area contributed by atoms with Crippen LogP contribution in [0.1, 0.15) is 22.6 Å². The largest absolute Gasteiger partial charge is 0.310 e. The minimum atomic E-state index is 0.124. The van der Waals surface area contributed by atoms with E-state index in [1.807, 2.05) is 28.4 Å². The number of anilines is 1. The molecule has 23 heavy (non-hydrogen) atoms. The van der Waals surface area contributed by atoms with Crippen molar-refractivity contribution in [1.82, 2.24) is 9.88 Å². The lowest BCUT2D eigenvalue weighted by Crippen LogP contribution is -2.31. The number of hydrogen-bond donors (Lipinski definition) is 0. The second kappa shape index (κ2) is 5.73. The van der Waals surface area contributed by atoms with Crippen molar-refractivity contribution in [3.8, 4) is 0 Å². The van der Waals surface area contributed by atoms with E-state index in [1.54, 1.807) is 12.4 Å². The summed E-state index contributed by atoms with van der Waals surface area (Å²) in [7, 11) is 0. The molecule has 0 radical (unpaired) electrons. The van der Waals surface area contributed by atoms with Crippen molar-refractivity contribution in [3.63, 3.8) is 0 Å². The maximum atomic E-state index is 12.5. The van der Waals surface area contributed by atoms with Crippen molar-refractivity contribution < 1.29 is 4.79 Å². The molecular weight excluding hydrogens is 306 g/mol. The highest BCUT2D eigenvalue weighted by atomic mass is 32.1. The Kier molecular flexibility index (Phi) is 3.70. The van der Waals surface area contributed by atoms with Crippen molar-refractivity contribution in [2.75, 3.05) is 24.5 Å². The van der Waals surface area contributed by atoms with E-state index >= 15 is 0 Å². The summed E-state index contributed by atoms with van der Waals surface area (Å²) in [6.07, 6.45) is 5.32.